The fourth-order valence-corrected chi connectivity index (χ4v) is 2.04. The van der Waals surface area contributed by atoms with Crippen LogP contribution in [-0.2, 0) is 19.1 Å². The molecular formula is C14H22O7. The van der Waals surface area contributed by atoms with Gasteiger partial charge in [0.15, 0.2) is 11.9 Å². The summed E-state index contributed by atoms with van der Waals surface area (Å²) in [6, 6.07) is 0. The molecule has 1 aliphatic heterocycles. The minimum absolute atomic E-state index is 0.235. The van der Waals surface area contributed by atoms with Crippen molar-refractivity contribution in [1.82, 2.24) is 0 Å². The van der Waals surface area contributed by atoms with Gasteiger partial charge >= 0.3 is 11.9 Å². The monoisotopic (exact) mass is 302 g/mol. The second-order valence-corrected chi connectivity index (χ2v) is 5.00. The largest absolute Gasteiger partial charge is 0.505 e. The molecule has 0 amide bonds. The van der Waals surface area contributed by atoms with Crippen molar-refractivity contribution in [2.24, 2.45) is 5.92 Å². The van der Waals surface area contributed by atoms with E-state index < -0.39 is 42.3 Å². The molecule has 1 rings (SSSR count). The Hall–Kier alpha value is -1.76. The van der Waals surface area contributed by atoms with Gasteiger partial charge in [0.05, 0.1) is 5.92 Å². The molecule has 0 aromatic heterocycles. The lowest BCUT2D eigenvalue weighted by atomic mass is 10.00. The Labute approximate surface area is 123 Å². The SMILES string of the molecule is CCCCC(CC)C(=O)OC[C@H](O)[C@H]1OC(=O)C(O)=C1O. The molecule has 0 aliphatic carbocycles. The van der Waals surface area contributed by atoms with Crippen LogP contribution in [-0.4, -0.2) is 46.1 Å². The van der Waals surface area contributed by atoms with Crippen LogP contribution in [0, 0.1) is 5.92 Å². The predicted octanol–water partition coefficient (Wildman–Crippen LogP) is 1.36. The normalized spacial score (nSPS) is 21.1. The van der Waals surface area contributed by atoms with Crippen LogP contribution in [0.25, 0.3) is 0 Å². The topological polar surface area (TPSA) is 113 Å². The van der Waals surface area contributed by atoms with Gasteiger partial charge in [-0.3, -0.25) is 4.79 Å². The van der Waals surface area contributed by atoms with E-state index in [2.05, 4.69) is 4.74 Å². The maximum Gasteiger partial charge on any atom is 0.377 e. The maximum absolute atomic E-state index is 11.8. The van der Waals surface area contributed by atoms with Crippen molar-refractivity contribution in [2.75, 3.05) is 6.61 Å². The van der Waals surface area contributed by atoms with E-state index >= 15 is 0 Å². The van der Waals surface area contributed by atoms with Gasteiger partial charge in [-0.2, -0.15) is 0 Å². The molecule has 0 aromatic carbocycles. The first-order valence-electron chi connectivity index (χ1n) is 7.10. The number of aliphatic hydroxyl groups excluding tert-OH is 3. The molecule has 0 saturated carbocycles. The van der Waals surface area contributed by atoms with Gasteiger partial charge in [-0.05, 0) is 12.8 Å². The average Bonchev–Trinajstić information content (AvgIpc) is 2.73. The van der Waals surface area contributed by atoms with E-state index in [1.165, 1.54) is 0 Å². The molecule has 0 aromatic rings. The Morgan fingerprint density at radius 1 is 1.38 bits per heavy atom. The zero-order valence-electron chi connectivity index (χ0n) is 12.2. The molecule has 1 aliphatic rings. The van der Waals surface area contributed by atoms with Crippen molar-refractivity contribution in [3.05, 3.63) is 11.5 Å². The quantitative estimate of drug-likeness (QED) is 0.580. The minimum atomic E-state index is -1.42. The van der Waals surface area contributed by atoms with E-state index in [0.29, 0.717) is 12.8 Å². The summed E-state index contributed by atoms with van der Waals surface area (Å²) in [4.78, 5) is 22.8. The maximum atomic E-state index is 11.8. The number of carbonyl (C=O) groups is 2. The van der Waals surface area contributed by atoms with Gasteiger partial charge in [0.2, 0.25) is 5.76 Å². The number of ether oxygens (including phenoxy) is 2. The van der Waals surface area contributed by atoms with Gasteiger partial charge in [0.25, 0.3) is 0 Å². The van der Waals surface area contributed by atoms with Crippen molar-refractivity contribution >= 4 is 11.9 Å². The summed E-state index contributed by atoms with van der Waals surface area (Å²) in [6.45, 7) is 3.48. The summed E-state index contributed by atoms with van der Waals surface area (Å²) < 4.78 is 9.57. The Morgan fingerprint density at radius 2 is 2.05 bits per heavy atom. The number of hydrogen-bond donors (Lipinski definition) is 3. The molecule has 0 saturated heterocycles. The Bertz CT molecular complexity index is 416. The molecule has 0 radical (unpaired) electrons. The van der Waals surface area contributed by atoms with Crippen molar-refractivity contribution in [3.63, 3.8) is 0 Å². The van der Waals surface area contributed by atoms with E-state index in [9.17, 15) is 19.8 Å². The van der Waals surface area contributed by atoms with Gasteiger partial charge in [-0.1, -0.05) is 26.7 Å². The predicted molar refractivity (Wildman–Crippen MR) is 72.4 cm³/mol. The first-order chi connectivity index (χ1) is 9.92. The fourth-order valence-electron chi connectivity index (χ4n) is 2.04. The third-order valence-corrected chi connectivity index (χ3v) is 3.42. The first kappa shape index (κ1) is 17.3. The molecular weight excluding hydrogens is 280 g/mol. The third-order valence-electron chi connectivity index (χ3n) is 3.42. The highest BCUT2D eigenvalue weighted by atomic mass is 16.6. The van der Waals surface area contributed by atoms with Crippen LogP contribution in [0.2, 0.25) is 0 Å². The van der Waals surface area contributed by atoms with Crippen LogP contribution in [0.5, 0.6) is 0 Å². The summed E-state index contributed by atoms with van der Waals surface area (Å²) in [5.74, 6) is -3.46. The third kappa shape index (κ3) is 4.35. The zero-order chi connectivity index (χ0) is 16.0. The van der Waals surface area contributed by atoms with Crippen LogP contribution >= 0.6 is 0 Å². The van der Waals surface area contributed by atoms with Crippen LogP contribution in [0.4, 0.5) is 0 Å². The van der Waals surface area contributed by atoms with Crippen LogP contribution in [0.15, 0.2) is 11.5 Å². The molecule has 7 nitrogen and oxygen atoms in total. The average molecular weight is 302 g/mol. The number of esters is 2. The van der Waals surface area contributed by atoms with E-state index in [0.717, 1.165) is 12.8 Å². The first-order valence-corrected chi connectivity index (χ1v) is 7.10. The number of cyclic esters (lactones) is 1. The van der Waals surface area contributed by atoms with Gasteiger partial charge in [-0.25, -0.2) is 4.79 Å². The molecule has 0 fully saturated rings. The second-order valence-electron chi connectivity index (χ2n) is 5.00. The summed E-state index contributed by atoms with van der Waals surface area (Å²) >= 11 is 0. The van der Waals surface area contributed by atoms with Gasteiger partial charge in [0, 0.05) is 0 Å². The molecule has 1 heterocycles. The van der Waals surface area contributed by atoms with Crippen molar-refractivity contribution in [2.45, 2.75) is 51.7 Å². The smallest absolute Gasteiger partial charge is 0.377 e. The lowest BCUT2D eigenvalue weighted by Gasteiger charge is -2.19. The summed E-state index contributed by atoms with van der Waals surface area (Å²) in [5.41, 5.74) is 0. The molecule has 21 heavy (non-hydrogen) atoms. The lowest BCUT2D eigenvalue weighted by molar-refractivity contribution is -0.157. The molecule has 7 heteroatoms. The van der Waals surface area contributed by atoms with Crippen LogP contribution < -0.4 is 0 Å². The Balaban J connectivity index is 2.47. The van der Waals surface area contributed by atoms with Crippen LogP contribution in [0.3, 0.4) is 0 Å². The van der Waals surface area contributed by atoms with Crippen molar-refractivity contribution in [3.8, 4) is 0 Å². The highest BCUT2D eigenvalue weighted by Gasteiger charge is 2.39. The number of hydrogen-bond acceptors (Lipinski definition) is 7. The Morgan fingerprint density at radius 3 is 2.52 bits per heavy atom. The number of carbonyl (C=O) groups excluding carboxylic acids is 2. The fraction of sp³-hybridized carbons (Fsp3) is 0.714. The second kappa shape index (κ2) is 7.87. The molecule has 3 N–H and O–H groups in total. The molecule has 1 unspecified atom stereocenters. The van der Waals surface area contributed by atoms with Crippen LogP contribution in [0.1, 0.15) is 39.5 Å². The van der Waals surface area contributed by atoms with E-state index in [1.54, 1.807) is 0 Å². The highest BCUT2D eigenvalue weighted by Crippen LogP contribution is 2.22. The number of rotatable bonds is 8. The van der Waals surface area contributed by atoms with Gasteiger partial charge < -0.3 is 24.8 Å². The minimum Gasteiger partial charge on any atom is -0.505 e. The lowest BCUT2D eigenvalue weighted by Crippen LogP contribution is -2.34. The molecule has 3 atom stereocenters. The Kier molecular flexibility index (Phi) is 6.48. The van der Waals surface area contributed by atoms with Gasteiger partial charge in [0.1, 0.15) is 12.7 Å². The molecule has 120 valence electrons. The summed E-state index contributed by atoms with van der Waals surface area (Å²) in [7, 11) is 0. The van der Waals surface area contributed by atoms with Crippen molar-refractivity contribution < 1.29 is 34.4 Å². The van der Waals surface area contributed by atoms with Crippen molar-refractivity contribution in [1.29, 1.82) is 0 Å². The number of aliphatic hydroxyl groups is 3. The van der Waals surface area contributed by atoms with E-state index in [-0.39, 0.29) is 5.92 Å². The number of unbranched alkanes of at least 4 members (excludes halogenated alkanes) is 1. The van der Waals surface area contributed by atoms with E-state index in [4.69, 9.17) is 9.84 Å². The van der Waals surface area contributed by atoms with Gasteiger partial charge in [-0.15, -0.1) is 0 Å². The molecule has 0 spiro atoms. The highest BCUT2D eigenvalue weighted by molar-refractivity contribution is 5.89. The molecule has 0 bridgehead atoms. The summed E-state index contributed by atoms with van der Waals surface area (Å²) in [5, 5.41) is 28.3. The zero-order valence-corrected chi connectivity index (χ0v) is 12.2. The standard InChI is InChI=1S/C14H22O7/c1-3-5-6-8(4-2)13(18)20-7-9(15)12-10(16)11(17)14(19)21-12/h8-9,12,15-17H,3-7H2,1-2H3/t8?,9-,12+/m0/s1. The summed E-state index contributed by atoms with van der Waals surface area (Å²) in [6.07, 6.45) is 0.411. The van der Waals surface area contributed by atoms with E-state index in [1.807, 2.05) is 13.8 Å².